The number of halogens is 2. The van der Waals surface area contributed by atoms with Crippen molar-refractivity contribution in [2.75, 3.05) is 5.32 Å². The molecule has 0 bridgehead atoms. The topological polar surface area (TPSA) is 70.7 Å². The molecule has 7 heteroatoms. The molecule has 0 saturated heterocycles. The number of aromatic amines is 1. The molecule has 0 fully saturated rings. The first-order valence-corrected chi connectivity index (χ1v) is 5.71. The lowest BCUT2D eigenvalue weighted by molar-refractivity contribution is 0.102. The summed E-state index contributed by atoms with van der Waals surface area (Å²) in [5.74, 6) is -2.63. The number of nitrogens with zero attached hydrogens (tertiary/aromatic N) is 2. The number of anilines is 1. The minimum absolute atomic E-state index is 0.0180. The van der Waals surface area contributed by atoms with Gasteiger partial charge in [-0.15, -0.1) is 0 Å². The van der Waals surface area contributed by atoms with Crippen molar-refractivity contribution in [3.63, 3.8) is 0 Å². The highest BCUT2D eigenvalue weighted by molar-refractivity contribution is 6.07. The SMILES string of the molecule is O=C(Nc1cccc2n[nH]nc12)c1ccc(F)c(F)c1. The van der Waals surface area contributed by atoms with Crippen molar-refractivity contribution in [2.45, 2.75) is 0 Å². The van der Waals surface area contributed by atoms with Crippen LogP contribution in [0.5, 0.6) is 0 Å². The van der Waals surface area contributed by atoms with Crippen LogP contribution < -0.4 is 5.32 Å². The molecule has 5 nitrogen and oxygen atoms in total. The van der Waals surface area contributed by atoms with Crippen LogP contribution in [0.4, 0.5) is 14.5 Å². The molecule has 0 aliphatic rings. The first-order valence-electron chi connectivity index (χ1n) is 5.71. The van der Waals surface area contributed by atoms with Crippen LogP contribution in [0.1, 0.15) is 10.4 Å². The van der Waals surface area contributed by atoms with Crippen molar-refractivity contribution in [1.82, 2.24) is 15.4 Å². The Labute approximate surface area is 111 Å². The molecule has 2 aromatic carbocycles. The Morgan fingerprint density at radius 1 is 1.10 bits per heavy atom. The van der Waals surface area contributed by atoms with Crippen LogP contribution in [0.15, 0.2) is 36.4 Å². The van der Waals surface area contributed by atoms with E-state index in [0.717, 1.165) is 12.1 Å². The van der Waals surface area contributed by atoms with Gasteiger partial charge in [-0.3, -0.25) is 4.79 Å². The molecule has 0 radical (unpaired) electrons. The molecule has 20 heavy (non-hydrogen) atoms. The molecule has 1 amide bonds. The molecular weight excluding hydrogens is 266 g/mol. The van der Waals surface area contributed by atoms with E-state index in [9.17, 15) is 13.6 Å². The van der Waals surface area contributed by atoms with Crippen LogP contribution in [0.2, 0.25) is 0 Å². The molecular formula is C13H8F2N4O. The molecule has 1 heterocycles. The van der Waals surface area contributed by atoms with Crippen molar-refractivity contribution in [3.05, 3.63) is 53.6 Å². The van der Waals surface area contributed by atoms with Gasteiger partial charge in [-0.05, 0) is 30.3 Å². The average Bonchev–Trinajstić information content (AvgIpc) is 2.91. The van der Waals surface area contributed by atoms with Gasteiger partial charge < -0.3 is 5.32 Å². The Bertz CT molecular complexity index is 800. The summed E-state index contributed by atoms with van der Waals surface area (Å²) in [6.07, 6.45) is 0. The lowest BCUT2D eigenvalue weighted by atomic mass is 10.2. The number of para-hydroxylation sites is 1. The maximum Gasteiger partial charge on any atom is 0.255 e. The van der Waals surface area contributed by atoms with Gasteiger partial charge in [-0.1, -0.05) is 6.07 Å². The molecule has 0 spiro atoms. The number of hydrogen-bond acceptors (Lipinski definition) is 3. The average molecular weight is 274 g/mol. The normalized spacial score (nSPS) is 10.7. The number of carbonyl (C=O) groups excluding carboxylic acids is 1. The predicted octanol–water partition coefficient (Wildman–Crippen LogP) is 2.49. The van der Waals surface area contributed by atoms with Gasteiger partial charge in [0.05, 0.1) is 5.69 Å². The van der Waals surface area contributed by atoms with E-state index in [1.807, 2.05) is 0 Å². The number of amides is 1. The van der Waals surface area contributed by atoms with Crippen LogP contribution in [-0.2, 0) is 0 Å². The maximum atomic E-state index is 13.1. The van der Waals surface area contributed by atoms with Crippen LogP contribution in [0.3, 0.4) is 0 Å². The molecule has 100 valence electrons. The third-order valence-corrected chi connectivity index (χ3v) is 2.78. The number of rotatable bonds is 2. The van der Waals surface area contributed by atoms with E-state index in [1.165, 1.54) is 6.07 Å². The quantitative estimate of drug-likeness (QED) is 0.754. The molecule has 3 aromatic rings. The summed E-state index contributed by atoms with van der Waals surface area (Å²) in [6, 6.07) is 8.02. The zero-order chi connectivity index (χ0) is 14.1. The van der Waals surface area contributed by atoms with E-state index >= 15 is 0 Å². The summed E-state index contributed by atoms with van der Waals surface area (Å²) in [5.41, 5.74) is 1.53. The minimum Gasteiger partial charge on any atom is -0.320 e. The molecule has 0 aliphatic carbocycles. The van der Waals surface area contributed by atoms with Gasteiger partial charge in [0.25, 0.3) is 5.91 Å². The van der Waals surface area contributed by atoms with Gasteiger partial charge in [0.15, 0.2) is 11.6 Å². The number of hydrogen-bond donors (Lipinski definition) is 2. The minimum atomic E-state index is -1.07. The van der Waals surface area contributed by atoms with Crippen molar-refractivity contribution >= 4 is 22.6 Å². The largest absolute Gasteiger partial charge is 0.320 e. The van der Waals surface area contributed by atoms with E-state index in [1.54, 1.807) is 18.2 Å². The summed E-state index contributed by atoms with van der Waals surface area (Å²) in [5, 5.41) is 12.8. The van der Waals surface area contributed by atoms with Gasteiger partial charge in [0.2, 0.25) is 0 Å². The number of benzene rings is 2. The maximum absolute atomic E-state index is 13.1. The zero-order valence-corrected chi connectivity index (χ0v) is 10.0. The van der Waals surface area contributed by atoms with Gasteiger partial charge in [0.1, 0.15) is 11.0 Å². The van der Waals surface area contributed by atoms with E-state index in [0.29, 0.717) is 16.7 Å². The molecule has 0 unspecified atom stereocenters. The molecule has 3 rings (SSSR count). The smallest absolute Gasteiger partial charge is 0.255 e. The van der Waals surface area contributed by atoms with Crippen LogP contribution in [0.25, 0.3) is 11.0 Å². The third-order valence-electron chi connectivity index (χ3n) is 2.78. The Morgan fingerprint density at radius 2 is 1.95 bits per heavy atom. The highest BCUT2D eigenvalue weighted by Gasteiger charge is 2.12. The Balaban J connectivity index is 1.92. The Kier molecular flexibility index (Phi) is 2.86. The zero-order valence-electron chi connectivity index (χ0n) is 10.0. The second-order valence-corrected chi connectivity index (χ2v) is 4.08. The van der Waals surface area contributed by atoms with Gasteiger partial charge in [-0.25, -0.2) is 8.78 Å². The molecule has 0 aliphatic heterocycles. The fourth-order valence-corrected chi connectivity index (χ4v) is 1.80. The number of fused-ring (bicyclic) bond motifs is 1. The highest BCUT2D eigenvalue weighted by Crippen LogP contribution is 2.20. The van der Waals surface area contributed by atoms with Gasteiger partial charge in [0, 0.05) is 5.56 Å². The van der Waals surface area contributed by atoms with Crippen molar-refractivity contribution < 1.29 is 13.6 Å². The van der Waals surface area contributed by atoms with E-state index in [2.05, 4.69) is 20.7 Å². The highest BCUT2D eigenvalue weighted by atomic mass is 19.2. The number of nitrogens with one attached hydrogen (secondary N) is 2. The number of aromatic nitrogens is 3. The second kappa shape index (κ2) is 4.69. The van der Waals surface area contributed by atoms with Crippen molar-refractivity contribution in [2.24, 2.45) is 0 Å². The van der Waals surface area contributed by atoms with Gasteiger partial charge >= 0.3 is 0 Å². The first kappa shape index (κ1) is 12.2. The number of carbonyl (C=O) groups is 1. The molecule has 0 atom stereocenters. The molecule has 0 saturated carbocycles. The fourth-order valence-electron chi connectivity index (χ4n) is 1.80. The summed E-state index contributed by atoms with van der Waals surface area (Å²) in [4.78, 5) is 12.0. The molecule has 2 N–H and O–H groups in total. The first-order chi connectivity index (χ1) is 9.65. The Morgan fingerprint density at radius 3 is 2.75 bits per heavy atom. The predicted molar refractivity (Wildman–Crippen MR) is 68.2 cm³/mol. The second-order valence-electron chi connectivity index (χ2n) is 4.08. The standard InChI is InChI=1S/C13H8F2N4O/c14-8-5-4-7(6-9(8)15)13(20)16-10-2-1-3-11-12(10)18-19-17-11/h1-6H,(H,16,20)(H,17,18,19). The van der Waals surface area contributed by atoms with E-state index in [-0.39, 0.29) is 5.56 Å². The fraction of sp³-hybridized carbons (Fsp3) is 0. The van der Waals surface area contributed by atoms with Crippen molar-refractivity contribution in [1.29, 1.82) is 0 Å². The van der Waals surface area contributed by atoms with Crippen LogP contribution >= 0.6 is 0 Å². The summed E-state index contributed by atoms with van der Waals surface area (Å²) >= 11 is 0. The number of H-pyrrole nitrogens is 1. The summed E-state index contributed by atoms with van der Waals surface area (Å²) < 4.78 is 25.9. The molecule has 1 aromatic heterocycles. The lowest BCUT2D eigenvalue weighted by Gasteiger charge is -2.05. The van der Waals surface area contributed by atoms with E-state index < -0.39 is 17.5 Å². The summed E-state index contributed by atoms with van der Waals surface area (Å²) in [6.45, 7) is 0. The summed E-state index contributed by atoms with van der Waals surface area (Å²) in [7, 11) is 0. The van der Waals surface area contributed by atoms with E-state index in [4.69, 9.17) is 0 Å². The van der Waals surface area contributed by atoms with Crippen LogP contribution in [-0.4, -0.2) is 21.3 Å². The Hall–Kier alpha value is -2.83. The van der Waals surface area contributed by atoms with Gasteiger partial charge in [-0.2, -0.15) is 15.4 Å². The van der Waals surface area contributed by atoms with Crippen LogP contribution in [0, 0.1) is 11.6 Å². The van der Waals surface area contributed by atoms with Crippen molar-refractivity contribution in [3.8, 4) is 0 Å². The monoisotopic (exact) mass is 274 g/mol. The lowest BCUT2D eigenvalue weighted by Crippen LogP contribution is -2.12. The third kappa shape index (κ3) is 2.09.